The fraction of sp³-hybridized carbons (Fsp3) is 0.385. The molecule has 6 nitrogen and oxygen atoms in total. The number of rotatable bonds is 3. The highest BCUT2D eigenvalue weighted by atomic mass is 35.5. The van der Waals surface area contributed by atoms with Crippen LogP contribution >= 0.6 is 11.6 Å². The molecule has 3 rings (SSSR count). The van der Waals surface area contributed by atoms with Crippen LogP contribution in [0.2, 0.25) is 5.02 Å². The molecule has 0 amide bonds. The molecule has 20 heavy (non-hydrogen) atoms. The van der Waals surface area contributed by atoms with Gasteiger partial charge in [0.05, 0.1) is 17.1 Å². The quantitative estimate of drug-likeness (QED) is 0.846. The van der Waals surface area contributed by atoms with E-state index >= 15 is 0 Å². The highest BCUT2D eigenvalue weighted by Gasteiger charge is 2.19. The minimum Gasteiger partial charge on any atom is -0.504 e. The van der Waals surface area contributed by atoms with E-state index in [1.807, 2.05) is 0 Å². The molecule has 2 heterocycles. The van der Waals surface area contributed by atoms with Gasteiger partial charge in [-0.05, 0) is 38.1 Å². The lowest BCUT2D eigenvalue weighted by Crippen LogP contribution is -2.18. The molecule has 2 N–H and O–H groups in total. The molecule has 1 aromatic heterocycles. The van der Waals surface area contributed by atoms with E-state index in [0.717, 1.165) is 13.1 Å². The summed E-state index contributed by atoms with van der Waals surface area (Å²) in [6, 6.07) is 2.87. The summed E-state index contributed by atoms with van der Waals surface area (Å²) < 4.78 is 5.57. The molecule has 7 heteroatoms. The van der Waals surface area contributed by atoms with Gasteiger partial charge in [0.1, 0.15) is 0 Å². The van der Waals surface area contributed by atoms with Crippen molar-refractivity contribution in [3.8, 4) is 23.0 Å². The number of aromatic hydroxyl groups is 2. The van der Waals surface area contributed by atoms with Gasteiger partial charge in [0.15, 0.2) is 11.5 Å². The van der Waals surface area contributed by atoms with Gasteiger partial charge in [-0.1, -0.05) is 11.6 Å². The Kier molecular flexibility index (Phi) is 3.50. The lowest BCUT2D eigenvalue weighted by atomic mass is 10.2. The van der Waals surface area contributed by atoms with Crippen molar-refractivity contribution >= 4 is 11.6 Å². The lowest BCUT2D eigenvalue weighted by molar-refractivity contribution is 0.292. The minimum atomic E-state index is -0.386. The summed E-state index contributed by atoms with van der Waals surface area (Å²) in [6.07, 6.45) is 2.39. The van der Waals surface area contributed by atoms with Crippen LogP contribution in [0, 0.1) is 0 Å². The van der Waals surface area contributed by atoms with Crippen LogP contribution in [0.25, 0.3) is 11.5 Å². The van der Waals surface area contributed by atoms with Gasteiger partial charge >= 0.3 is 0 Å². The second-order valence-electron chi connectivity index (χ2n) is 4.78. The number of phenols is 2. The Labute approximate surface area is 120 Å². The molecule has 1 aliphatic heterocycles. The van der Waals surface area contributed by atoms with Crippen molar-refractivity contribution in [1.82, 2.24) is 15.1 Å². The molecule has 0 bridgehead atoms. The summed E-state index contributed by atoms with van der Waals surface area (Å²) in [7, 11) is 0. The number of hydrogen-bond acceptors (Lipinski definition) is 6. The zero-order valence-electron chi connectivity index (χ0n) is 10.7. The summed E-state index contributed by atoms with van der Waals surface area (Å²) in [5, 5.41) is 26.9. The van der Waals surface area contributed by atoms with E-state index in [1.165, 1.54) is 25.0 Å². The number of hydrogen-bond donors (Lipinski definition) is 2. The monoisotopic (exact) mass is 295 g/mol. The Morgan fingerprint density at radius 2 is 1.95 bits per heavy atom. The molecule has 0 saturated carbocycles. The van der Waals surface area contributed by atoms with E-state index in [4.69, 9.17) is 16.0 Å². The Morgan fingerprint density at radius 1 is 1.20 bits per heavy atom. The van der Waals surface area contributed by atoms with E-state index < -0.39 is 0 Å². The van der Waals surface area contributed by atoms with Crippen molar-refractivity contribution in [2.75, 3.05) is 13.1 Å². The third-order valence-corrected chi connectivity index (χ3v) is 3.73. The molecule has 2 aromatic rings. The van der Waals surface area contributed by atoms with E-state index in [0.29, 0.717) is 18.0 Å². The molecular weight excluding hydrogens is 282 g/mol. The third-order valence-electron chi connectivity index (χ3n) is 3.35. The topological polar surface area (TPSA) is 82.6 Å². The van der Waals surface area contributed by atoms with Crippen LogP contribution in [0.15, 0.2) is 16.5 Å². The van der Waals surface area contributed by atoms with Crippen molar-refractivity contribution in [1.29, 1.82) is 0 Å². The minimum absolute atomic E-state index is 0.00127. The molecule has 0 aliphatic carbocycles. The first kappa shape index (κ1) is 13.2. The zero-order chi connectivity index (χ0) is 14.1. The average Bonchev–Trinajstić information content (AvgIpc) is 3.09. The summed E-state index contributed by atoms with van der Waals surface area (Å²) in [5.74, 6) is 0.0871. The fourth-order valence-electron chi connectivity index (χ4n) is 2.28. The lowest BCUT2D eigenvalue weighted by Gasteiger charge is -2.10. The van der Waals surface area contributed by atoms with Crippen LogP contribution in [0.3, 0.4) is 0 Å². The largest absolute Gasteiger partial charge is 0.504 e. The highest BCUT2D eigenvalue weighted by molar-refractivity contribution is 6.34. The second-order valence-corrected chi connectivity index (χ2v) is 5.16. The molecule has 1 saturated heterocycles. The number of aromatic nitrogens is 2. The van der Waals surface area contributed by atoms with Crippen LogP contribution in [-0.2, 0) is 6.54 Å². The van der Waals surface area contributed by atoms with Crippen LogP contribution < -0.4 is 0 Å². The van der Waals surface area contributed by atoms with E-state index in [2.05, 4.69) is 15.1 Å². The van der Waals surface area contributed by atoms with Gasteiger partial charge in [0.2, 0.25) is 11.8 Å². The molecule has 0 radical (unpaired) electrons. The number of phenolic OH excluding ortho intramolecular Hbond substituents is 2. The number of halogens is 1. The maximum atomic E-state index is 9.61. The first-order valence-electron chi connectivity index (χ1n) is 6.40. The number of benzene rings is 1. The first-order valence-corrected chi connectivity index (χ1v) is 6.78. The summed E-state index contributed by atoms with van der Waals surface area (Å²) >= 11 is 5.96. The van der Waals surface area contributed by atoms with Crippen molar-refractivity contribution < 1.29 is 14.6 Å². The molecule has 0 spiro atoms. The van der Waals surface area contributed by atoms with E-state index in [1.54, 1.807) is 0 Å². The van der Waals surface area contributed by atoms with Gasteiger partial charge in [-0.25, -0.2) is 0 Å². The Morgan fingerprint density at radius 3 is 2.70 bits per heavy atom. The fourth-order valence-corrected chi connectivity index (χ4v) is 2.52. The predicted molar refractivity (Wildman–Crippen MR) is 72.6 cm³/mol. The molecule has 0 unspecified atom stereocenters. The zero-order valence-corrected chi connectivity index (χ0v) is 11.5. The van der Waals surface area contributed by atoms with E-state index in [-0.39, 0.29) is 22.4 Å². The van der Waals surface area contributed by atoms with Crippen molar-refractivity contribution in [3.05, 3.63) is 23.0 Å². The average molecular weight is 296 g/mol. The summed E-state index contributed by atoms with van der Waals surface area (Å²) in [5.41, 5.74) is 0.405. The van der Waals surface area contributed by atoms with E-state index in [9.17, 15) is 10.2 Å². The van der Waals surface area contributed by atoms with Crippen molar-refractivity contribution in [3.63, 3.8) is 0 Å². The Balaban J connectivity index is 1.84. The maximum absolute atomic E-state index is 9.61. The third kappa shape index (κ3) is 2.44. The standard InChI is InChI=1S/C13H14ClN3O3/c14-11-8(3-4-9(18)12(11)19)13-16-15-10(20-13)7-17-5-1-2-6-17/h3-4,18-19H,1-2,5-7H2. The van der Waals surface area contributed by atoms with Gasteiger partial charge in [0.25, 0.3) is 0 Å². The predicted octanol–water partition coefficient (Wildman–Crippen LogP) is 2.40. The Bertz CT molecular complexity index is 623. The SMILES string of the molecule is Oc1ccc(-c2nnc(CN3CCCC3)o2)c(Cl)c1O. The second kappa shape index (κ2) is 5.30. The maximum Gasteiger partial charge on any atom is 0.249 e. The van der Waals surface area contributed by atoms with Gasteiger partial charge in [0, 0.05) is 0 Å². The summed E-state index contributed by atoms with van der Waals surface area (Å²) in [6.45, 7) is 2.70. The van der Waals surface area contributed by atoms with Crippen LogP contribution in [0.1, 0.15) is 18.7 Å². The first-order chi connectivity index (χ1) is 9.65. The normalized spacial score (nSPS) is 15.8. The highest BCUT2D eigenvalue weighted by Crippen LogP contribution is 2.39. The van der Waals surface area contributed by atoms with Crippen LogP contribution in [-0.4, -0.2) is 38.4 Å². The van der Waals surface area contributed by atoms with Gasteiger partial charge in [-0.2, -0.15) is 0 Å². The van der Waals surface area contributed by atoms with Crippen LogP contribution in [0.4, 0.5) is 0 Å². The molecule has 1 aliphatic rings. The molecule has 1 fully saturated rings. The molecule has 1 aromatic carbocycles. The van der Waals surface area contributed by atoms with Crippen LogP contribution in [0.5, 0.6) is 11.5 Å². The van der Waals surface area contributed by atoms with Gasteiger partial charge < -0.3 is 14.6 Å². The van der Waals surface area contributed by atoms with Crippen molar-refractivity contribution in [2.24, 2.45) is 0 Å². The molecule has 106 valence electrons. The summed E-state index contributed by atoms with van der Waals surface area (Å²) in [4.78, 5) is 2.24. The number of likely N-dealkylation sites (tertiary alicyclic amines) is 1. The van der Waals surface area contributed by atoms with Gasteiger partial charge in [-0.3, -0.25) is 4.90 Å². The van der Waals surface area contributed by atoms with Gasteiger partial charge in [-0.15, -0.1) is 10.2 Å². The van der Waals surface area contributed by atoms with Crippen molar-refractivity contribution in [2.45, 2.75) is 19.4 Å². The smallest absolute Gasteiger partial charge is 0.249 e. The Hall–Kier alpha value is -1.79. The molecular formula is C13H14ClN3O3. The number of nitrogens with zero attached hydrogens (tertiary/aromatic N) is 3. The molecule has 0 atom stereocenters.